The lowest BCUT2D eigenvalue weighted by atomic mass is 10.1. The molecule has 1 amide bonds. The predicted octanol–water partition coefficient (Wildman–Crippen LogP) is 1.93. The van der Waals surface area contributed by atoms with E-state index in [1.807, 2.05) is 31.4 Å². The quantitative estimate of drug-likeness (QED) is 0.384. The van der Waals surface area contributed by atoms with Gasteiger partial charge in [0.05, 0.1) is 31.2 Å². The van der Waals surface area contributed by atoms with Crippen molar-refractivity contribution < 1.29 is 14.6 Å². The zero-order valence-electron chi connectivity index (χ0n) is 19.3. The van der Waals surface area contributed by atoms with Gasteiger partial charge < -0.3 is 25.4 Å². The first kappa shape index (κ1) is 21.7. The molecule has 4 aromatic rings. The van der Waals surface area contributed by atoms with Crippen molar-refractivity contribution in [1.82, 2.24) is 24.6 Å². The second-order valence-electron chi connectivity index (χ2n) is 8.90. The number of carbonyl (C=O) groups excluding carboxylic acids is 1. The first-order valence-electron chi connectivity index (χ1n) is 11.7. The van der Waals surface area contributed by atoms with Gasteiger partial charge in [0.1, 0.15) is 11.6 Å². The summed E-state index contributed by atoms with van der Waals surface area (Å²) in [5.41, 5.74) is 2.44. The topological polar surface area (TPSA) is 130 Å². The van der Waals surface area contributed by atoms with E-state index < -0.39 is 0 Å². The van der Waals surface area contributed by atoms with Crippen LogP contribution in [0.25, 0.3) is 27.8 Å². The third kappa shape index (κ3) is 4.13. The molecule has 11 heteroatoms. The van der Waals surface area contributed by atoms with Crippen molar-refractivity contribution >= 4 is 39.6 Å². The maximum atomic E-state index is 12.3. The number of amides is 1. The smallest absolute Gasteiger partial charge is 0.228 e. The molecule has 0 radical (unpaired) electrons. The minimum absolute atomic E-state index is 0.00577. The van der Waals surface area contributed by atoms with E-state index in [4.69, 9.17) is 14.8 Å². The fourth-order valence-electron chi connectivity index (χ4n) is 4.39. The van der Waals surface area contributed by atoms with E-state index >= 15 is 0 Å². The van der Waals surface area contributed by atoms with Crippen LogP contribution in [0.3, 0.4) is 0 Å². The number of pyridine rings is 3. The van der Waals surface area contributed by atoms with Crippen molar-refractivity contribution in [3.05, 3.63) is 36.8 Å². The van der Waals surface area contributed by atoms with Crippen molar-refractivity contribution in [3.63, 3.8) is 0 Å². The van der Waals surface area contributed by atoms with Gasteiger partial charge in [0.25, 0.3) is 0 Å². The highest BCUT2D eigenvalue weighted by Gasteiger charge is 2.30. The highest BCUT2D eigenvalue weighted by molar-refractivity contribution is 6.03. The van der Waals surface area contributed by atoms with Crippen LogP contribution in [0.2, 0.25) is 0 Å². The number of rotatable bonds is 6. The standard InChI is InChI=1S/C24H26N8O3/c1-25-22-18-9-26-20(28-24(34)14-2-3-14)8-17(18)19(10-27-22)23-29-21-5-4-15(11-32(21)30-23)31-6-7-35-16(12-31)13-33/h4-5,8-11,14,16,33H,2-3,6-7,12-13H2,1H3,(H,25,27)(H,26,28,34)/t16-/m1/s1. The average molecular weight is 475 g/mol. The lowest BCUT2D eigenvalue weighted by Crippen LogP contribution is -2.44. The summed E-state index contributed by atoms with van der Waals surface area (Å²) < 4.78 is 7.32. The number of aromatic nitrogens is 5. The van der Waals surface area contributed by atoms with E-state index in [1.165, 1.54) is 0 Å². The molecule has 1 saturated heterocycles. The third-order valence-electron chi connectivity index (χ3n) is 6.47. The Balaban J connectivity index is 1.38. The lowest BCUT2D eigenvalue weighted by Gasteiger charge is -2.33. The molecular weight excluding hydrogens is 448 g/mol. The number of morpholine rings is 1. The van der Waals surface area contributed by atoms with Crippen molar-refractivity contribution in [2.24, 2.45) is 5.92 Å². The van der Waals surface area contributed by atoms with E-state index in [0.29, 0.717) is 36.3 Å². The van der Waals surface area contributed by atoms with E-state index in [0.717, 1.165) is 41.4 Å². The summed E-state index contributed by atoms with van der Waals surface area (Å²) >= 11 is 0. The van der Waals surface area contributed by atoms with Gasteiger partial charge >= 0.3 is 0 Å². The van der Waals surface area contributed by atoms with Gasteiger partial charge in [0, 0.05) is 54.8 Å². The minimum atomic E-state index is -0.197. The number of fused-ring (bicyclic) bond motifs is 2. The Kier molecular flexibility index (Phi) is 5.42. The van der Waals surface area contributed by atoms with Crippen molar-refractivity contribution in [2.75, 3.05) is 48.9 Å². The fourth-order valence-corrected chi connectivity index (χ4v) is 4.39. The van der Waals surface area contributed by atoms with Crippen molar-refractivity contribution in [1.29, 1.82) is 0 Å². The van der Waals surface area contributed by atoms with Crippen LogP contribution in [0.1, 0.15) is 12.8 Å². The zero-order chi connectivity index (χ0) is 23.9. The fraction of sp³-hybridized carbons (Fsp3) is 0.375. The van der Waals surface area contributed by atoms with Gasteiger partial charge in [-0.05, 0) is 31.0 Å². The molecule has 0 aromatic carbocycles. The number of anilines is 3. The summed E-state index contributed by atoms with van der Waals surface area (Å²) in [5.74, 6) is 1.81. The number of aliphatic hydroxyl groups excluding tert-OH is 1. The molecule has 1 atom stereocenters. The number of hydrogen-bond donors (Lipinski definition) is 3. The number of ether oxygens (including phenoxy) is 1. The Bertz CT molecular complexity index is 1420. The van der Waals surface area contributed by atoms with E-state index in [2.05, 4.69) is 25.5 Å². The molecule has 1 saturated carbocycles. The van der Waals surface area contributed by atoms with Gasteiger partial charge in [-0.25, -0.2) is 19.5 Å². The second kappa shape index (κ2) is 8.75. The van der Waals surface area contributed by atoms with Gasteiger partial charge in [-0.15, -0.1) is 5.10 Å². The molecule has 35 heavy (non-hydrogen) atoms. The van der Waals surface area contributed by atoms with E-state index in [-0.39, 0.29) is 24.5 Å². The van der Waals surface area contributed by atoms with Gasteiger partial charge in [0.15, 0.2) is 11.5 Å². The molecular formula is C24H26N8O3. The Morgan fingerprint density at radius 3 is 2.91 bits per heavy atom. The summed E-state index contributed by atoms with van der Waals surface area (Å²) in [6.07, 6.45) is 7.05. The second-order valence-corrected chi connectivity index (χ2v) is 8.90. The normalized spacial score (nSPS) is 18.2. The SMILES string of the molecule is CNc1ncc(-c2nc3ccc(N4CCO[C@@H](CO)C4)cn3n2)c2cc(NC(=O)C3CC3)ncc12. The van der Waals surface area contributed by atoms with Crippen LogP contribution in [0, 0.1) is 5.92 Å². The van der Waals surface area contributed by atoms with Crippen LogP contribution in [0.5, 0.6) is 0 Å². The van der Waals surface area contributed by atoms with Crippen LogP contribution in [-0.2, 0) is 9.53 Å². The Hall–Kier alpha value is -3.83. The first-order chi connectivity index (χ1) is 17.1. The monoisotopic (exact) mass is 474 g/mol. The summed E-state index contributed by atoms with van der Waals surface area (Å²) in [6, 6.07) is 5.78. The van der Waals surface area contributed by atoms with Crippen LogP contribution in [0.4, 0.5) is 17.3 Å². The Labute approximate surface area is 201 Å². The Morgan fingerprint density at radius 1 is 1.23 bits per heavy atom. The summed E-state index contributed by atoms with van der Waals surface area (Å²) in [4.78, 5) is 28.1. The predicted molar refractivity (Wildman–Crippen MR) is 131 cm³/mol. The third-order valence-corrected chi connectivity index (χ3v) is 6.47. The van der Waals surface area contributed by atoms with Crippen LogP contribution in [0.15, 0.2) is 36.8 Å². The van der Waals surface area contributed by atoms with Gasteiger partial charge in [-0.1, -0.05) is 0 Å². The highest BCUT2D eigenvalue weighted by Crippen LogP contribution is 2.33. The number of nitrogens with zero attached hydrogens (tertiary/aromatic N) is 6. The number of carbonyl (C=O) groups is 1. The maximum absolute atomic E-state index is 12.3. The molecule has 5 heterocycles. The molecule has 1 aliphatic heterocycles. The molecule has 3 N–H and O–H groups in total. The molecule has 180 valence electrons. The molecule has 2 fully saturated rings. The molecule has 0 unspecified atom stereocenters. The molecule has 2 aliphatic rings. The van der Waals surface area contributed by atoms with E-state index in [9.17, 15) is 9.90 Å². The van der Waals surface area contributed by atoms with Crippen LogP contribution >= 0.6 is 0 Å². The van der Waals surface area contributed by atoms with Crippen molar-refractivity contribution in [2.45, 2.75) is 18.9 Å². The first-order valence-corrected chi connectivity index (χ1v) is 11.7. The lowest BCUT2D eigenvalue weighted by molar-refractivity contribution is -0.117. The van der Waals surface area contributed by atoms with Crippen LogP contribution < -0.4 is 15.5 Å². The molecule has 0 spiro atoms. The zero-order valence-corrected chi connectivity index (χ0v) is 19.3. The Morgan fingerprint density at radius 2 is 2.11 bits per heavy atom. The molecule has 1 aliphatic carbocycles. The molecule has 11 nitrogen and oxygen atoms in total. The van der Waals surface area contributed by atoms with Crippen molar-refractivity contribution in [3.8, 4) is 11.4 Å². The number of nitrogens with one attached hydrogen (secondary N) is 2. The number of aliphatic hydroxyl groups is 1. The molecule has 0 bridgehead atoms. The maximum Gasteiger partial charge on any atom is 0.228 e. The van der Waals surface area contributed by atoms with E-state index in [1.54, 1.807) is 16.9 Å². The summed E-state index contributed by atoms with van der Waals surface area (Å²) in [5, 5.41) is 21.9. The van der Waals surface area contributed by atoms with Gasteiger partial charge in [-0.3, -0.25) is 4.79 Å². The van der Waals surface area contributed by atoms with Gasteiger partial charge in [-0.2, -0.15) is 0 Å². The van der Waals surface area contributed by atoms with Crippen LogP contribution in [-0.4, -0.2) is 75.0 Å². The largest absolute Gasteiger partial charge is 0.394 e. The number of hydrogen-bond acceptors (Lipinski definition) is 9. The highest BCUT2D eigenvalue weighted by atomic mass is 16.5. The minimum Gasteiger partial charge on any atom is -0.394 e. The van der Waals surface area contributed by atoms with Gasteiger partial charge in [0.2, 0.25) is 5.91 Å². The summed E-state index contributed by atoms with van der Waals surface area (Å²) in [7, 11) is 1.81. The summed E-state index contributed by atoms with van der Waals surface area (Å²) in [6.45, 7) is 1.92. The average Bonchev–Trinajstić information content (AvgIpc) is 3.67. The molecule has 4 aromatic heterocycles. The molecule has 6 rings (SSSR count).